The molecule has 0 spiro atoms. The van der Waals surface area contributed by atoms with E-state index in [1.54, 1.807) is 12.1 Å². The van der Waals surface area contributed by atoms with E-state index in [0.29, 0.717) is 15.1 Å². The molecule has 0 aliphatic carbocycles. The zero-order chi connectivity index (χ0) is 19.7. The molecule has 2 N–H and O–H groups in total. The number of aromatic nitrogens is 1. The molecule has 0 radical (unpaired) electrons. The summed E-state index contributed by atoms with van der Waals surface area (Å²) in [5, 5.41) is 13.4. The van der Waals surface area contributed by atoms with Gasteiger partial charge in [-0.3, -0.25) is 4.79 Å². The predicted molar refractivity (Wildman–Crippen MR) is 114 cm³/mol. The number of rotatable bonds is 3. The number of nitrogens with zero attached hydrogens (tertiary/aromatic N) is 2. The first-order chi connectivity index (χ1) is 13.5. The third kappa shape index (κ3) is 3.69. The molecule has 0 bridgehead atoms. The van der Waals surface area contributed by atoms with Gasteiger partial charge < -0.3 is 15.0 Å². The van der Waals surface area contributed by atoms with E-state index in [1.807, 2.05) is 66.2 Å². The number of benzene rings is 2. The number of halogens is 1. The van der Waals surface area contributed by atoms with Gasteiger partial charge in [0.2, 0.25) is 0 Å². The average molecular weight is 410 g/mol. The van der Waals surface area contributed by atoms with E-state index in [1.165, 1.54) is 11.8 Å². The minimum absolute atomic E-state index is 0.193. The van der Waals surface area contributed by atoms with Gasteiger partial charge in [0.25, 0.3) is 5.91 Å². The number of aromatic hydroxyl groups is 1. The Bertz CT molecular complexity index is 1120. The molecule has 1 saturated heterocycles. The van der Waals surface area contributed by atoms with Crippen molar-refractivity contribution in [2.24, 2.45) is 4.99 Å². The van der Waals surface area contributed by atoms with E-state index in [9.17, 15) is 9.90 Å². The van der Waals surface area contributed by atoms with Gasteiger partial charge >= 0.3 is 0 Å². The number of nitrogens with one attached hydrogen (secondary N) is 1. The zero-order valence-electron chi connectivity index (χ0n) is 14.9. The van der Waals surface area contributed by atoms with Gasteiger partial charge in [-0.2, -0.15) is 0 Å². The second kappa shape index (κ2) is 7.58. The van der Waals surface area contributed by atoms with Gasteiger partial charge in [-0.25, -0.2) is 4.99 Å². The molecule has 140 valence electrons. The van der Waals surface area contributed by atoms with Crippen molar-refractivity contribution in [1.82, 2.24) is 9.88 Å². The number of phenols is 1. The molecule has 0 atom stereocenters. The molecular formula is C21H16ClN3O2S. The number of aliphatic imine (C=N–C) groups is 1. The Morgan fingerprint density at radius 2 is 1.93 bits per heavy atom. The number of amides is 1. The van der Waals surface area contributed by atoms with Gasteiger partial charge in [-0.1, -0.05) is 17.7 Å². The maximum atomic E-state index is 12.4. The van der Waals surface area contributed by atoms with E-state index < -0.39 is 0 Å². The average Bonchev–Trinajstić information content (AvgIpc) is 3.27. The SMILES string of the molecule is Cc1c(Cl)cccc1N=C1NC(=O)/C(=C/c2cccn2-c2ccc(O)cc2)S1. The number of phenolic OH excluding ortho intramolecular Hbond substituents is 1. The fourth-order valence-corrected chi connectivity index (χ4v) is 3.79. The van der Waals surface area contributed by atoms with E-state index in [2.05, 4.69) is 10.3 Å². The molecule has 2 aromatic carbocycles. The third-order valence-corrected chi connectivity index (χ3v) is 5.62. The standard InChI is InChI=1S/C21H16ClN3O2S/c1-13-17(22)5-2-6-18(13)23-21-24-20(27)19(28-21)12-15-4-3-11-25(15)14-7-9-16(26)10-8-14/h2-12,26H,1H3,(H,23,24,27)/b19-12-. The van der Waals surface area contributed by atoms with Crippen molar-refractivity contribution in [2.45, 2.75) is 6.92 Å². The molecule has 4 rings (SSSR count). The fraction of sp³-hybridized carbons (Fsp3) is 0.0476. The van der Waals surface area contributed by atoms with Crippen molar-refractivity contribution in [3.63, 3.8) is 0 Å². The largest absolute Gasteiger partial charge is 0.508 e. The minimum atomic E-state index is -0.193. The van der Waals surface area contributed by atoms with Crippen LogP contribution in [0.5, 0.6) is 5.75 Å². The van der Waals surface area contributed by atoms with Crippen molar-refractivity contribution < 1.29 is 9.90 Å². The van der Waals surface area contributed by atoms with Gasteiger partial charge in [0.05, 0.1) is 10.6 Å². The Morgan fingerprint density at radius 3 is 2.71 bits per heavy atom. The number of hydrogen-bond acceptors (Lipinski definition) is 4. The van der Waals surface area contributed by atoms with Crippen LogP contribution in [0.25, 0.3) is 11.8 Å². The predicted octanol–water partition coefficient (Wildman–Crippen LogP) is 5.04. The van der Waals surface area contributed by atoms with Crippen molar-refractivity contribution in [3.05, 3.63) is 82.0 Å². The molecule has 1 amide bonds. The summed E-state index contributed by atoms with van der Waals surface area (Å²) >= 11 is 7.43. The lowest BCUT2D eigenvalue weighted by Crippen LogP contribution is -2.19. The number of amidine groups is 1. The molecule has 1 aromatic heterocycles. The van der Waals surface area contributed by atoms with Crippen LogP contribution in [0.2, 0.25) is 5.02 Å². The van der Waals surface area contributed by atoms with Gasteiger partial charge in [-0.15, -0.1) is 0 Å². The smallest absolute Gasteiger partial charge is 0.264 e. The number of hydrogen-bond donors (Lipinski definition) is 2. The third-order valence-electron chi connectivity index (χ3n) is 4.30. The molecule has 0 saturated carbocycles. The van der Waals surface area contributed by atoms with Gasteiger partial charge in [0.15, 0.2) is 5.17 Å². The fourth-order valence-electron chi connectivity index (χ4n) is 2.80. The van der Waals surface area contributed by atoms with Crippen LogP contribution < -0.4 is 5.32 Å². The topological polar surface area (TPSA) is 66.6 Å². The van der Waals surface area contributed by atoms with Gasteiger partial charge in [0.1, 0.15) is 5.75 Å². The van der Waals surface area contributed by atoms with Crippen molar-refractivity contribution in [3.8, 4) is 11.4 Å². The highest BCUT2D eigenvalue weighted by molar-refractivity contribution is 8.18. The van der Waals surface area contributed by atoms with Crippen molar-refractivity contribution in [1.29, 1.82) is 0 Å². The Labute approximate surface area is 171 Å². The van der Waals surface area contributed by atoms with Crippen molar-refractivity contribution >= 4 is 46.2 Å². The summed E-state index contributed by atoms with van der Waals surface area (Å²) in [5.74, 6) is 0.0144. The Morgan fingerprint density at radius 1 is 1.14 bits per heavy atom. The number of thioether (sulfide) groups is 1. The number of carbonyl (C=O) groups is 1. The molecule has 2 heterocycles. The van der Waals surface area contributed by atoms with E-state index in [0.717, 1.165) is 22.6 Å². The first kappa shape index (κ1) is 18.4. The Hall–Kier alpha value is -2.96. The molecule has 7 heteroatoms. The minimum Gasteiger partial charge on any atom is -0.508 e. The van der Waals surface area contributed by atoms with Crippen LogP contribution >= 0.6 is 23.4 Å². The van der Waals surface area contributed by atoms with Crippen LogP contribution in [0, 0.1) is 6.92 Å². The summed E-state index contributed by atoms with van der Waals surface area (Å²) in [4.78, 5) is 17.5. The summed E-state index contributed by atoms with van der Waals surface area (Å²) in [7, 11) is 0. The van der Waals surface area contributed by atoms with Crippen LogP contribution in [-0.2, 0) is 4.79 Å². The van der Waals surface area contributed by atoms with E-state index in [-0.39, 0.29) is 11.7 Å². The molecular weight excluding hydrogens is 394 g/mol. The van der Waals surface area contributed by atoms with Gasteiger partial charge in [-0.05, 0) is 78.9 Å². The number of carbonyl (C=O) groups excluding carboxylic acids is 1. The van der Waals surface area contributed by atoms with Crippen LogP contribution in [-0.4, -0.2) is 20.7 Å². The summed E-state index contributed by atoms with van der Waals surface area (Å²) in [5.41, 5.74) is 3.33. The molecule has 0 unspecified atom stereocenters. The first-order valence-corrected chi connectivity index (χ1v) is 9.72. The first-order valence-electron chi connectivity index (χ1n) is 8.53. The normalized spacial score (nSPS) is 16.7. The van der Waals surface area contributed by atoms with Crippen molar-refractivity contribution in [2.75, 3.05) is 0 Å². The lowest BCUT2D eigenvalue weighted by atomic mass is 10.2. The summed E-state index contributed by atoms with van der Waals surface area (Å²) < 4.78 is 1.94. The van der Waals surface area contributed by atoms with E-state index >= 15 is 0 Å². The monoisotopic (exact) mass is 409 g/mol. The molecule has 28 heavy (non-hydrogen) atoms. The molecule has 1 aliphatic heterocycles. The lowest BCUT2D eigenvalue weighted by Gasteiger charge is -2.07. The quantitative estimate of drug-likeness (QED) is 0.596. The zero-order valence-corrected chi connectivity index (χ0v) is 16.5. The van der Waals surface area contributed by atoms with E-state index in [4.69, 9.17) is 11.6 Å². The molecule has 3 aromatic rings. The highest BCUT2D eigenvalue weighted by Gasteiger charge is 2.24. The second-order valence-electron chi connectivity index (χ2n) is 6.19. The summed E-state index contributed by atoms with van der Waals surface area (Å²) in [6.07, 6.45) is 3.72. The highest BCUT2D eigenvalue weighted by Crippen LogP contribution is 2.31. The van der Waals surface area contributed by atoms with Crippen LogP contribution in [0.3, 0.4) is 0 Å². The van der Waals surface area contributed by atoms with Crippen LogP contribution in [0.1, 0.15) is 11.3 Å². The second-order valence-corrected chi connectivity index (χ2v) is 7.62. The lowest BCUT2D eigenvalue weighted by molar-refractivity contribution is -0.115. The summed E-state index contributed by atoms with van der Waals surface area (Å²) in [6.45, 7) is 1.89. The highest BCUT2D eigenvalue weighted by atomic mass is 35.5. The maximum absolute atomic E-state index is 12.4. The molecule has 5 nitrogen and oxygen atoms in total. The summed E-state index contributed by atoms with van der Waals surface area (Å²) in [6, 6.07) is 16.2. The molecule has 1 fully saturated rings. The van der Waals surface area contributed by atoms with Crippen LogP contribution in [0.15, 0.2) is 70.7 Å². The van der Waals surface area contributed by atoms with Gasteiger partial charge in [0, 0.05) is 22.6 Å². The maximum Gasteiger partial charge on any atom is 0.264 e. The molecule has 1 aliphatic rings. The van der Waals surface area contributed by atoms with Crippen LogP contribution in [0.4, 0.5) is 5.69 Å². The Kier molecular flexibility index (Phi) is 4.98. The Balaban J connectivity index is 1.63.